The van der Waals surface area contributed by atoms with E-state index in [1.807, 2.05) is 6.07 Å². The van der Waals surface area contributed by atoms with Crippen LogP contribution in [-0.4, -0.2) is 0 Å². The van der Waals surface area contributed by atoms with Crippen LogP contribution >= 0.6 is 7.26 Å². The van der Waals surface area contributed by atoms with Crippen molar-refractivity contribution in [1.29, 1.82) is 0 Å². The first kappa shape index (κ1) is 22.1. The summed E-state index contributed by atoms with van der Waals surface area (Å²) in [5, 5.41) is 4.25. The fourth-order valence-corrected chi connectivity index (χ4v) is 8.78. The predicted octanol–water partition coefficient (Wildman–Crippen LogP) is 7.35. The van der Waals surface area contributed by atoms with Crippen LogP contribution in [0.3, 0.4) is 0 Å². The van der Waals surface area contributed by atoms with Crippen LogP contribution in [0.1, 0.15) is 16.7 Å². The first-order valence-electron chi connectivity index (χ1n) is 11.7. The standard InChI is InChI=1S/C33H28P/c1-5-13-28(14-6-1)21-22-29-23-25-30(26-24-29)27-34(31-15-7-2-8-16-31,32-17-9-3-10-18-32)33-19-11-4-12-20-33/h1-26H,27H2/q+1. The van der Waals surface area contributed by atoms with Gasteiger partial charge in [-0.2, -0.15) is 0 Å². The third-order valence-electron chi connectivity index (χ3n) is 6.26. The monoisotopic (exact) mass is 455 g/mol. The van der Waals surface area contributed by atoms with Crippen molar-refractivity contribution in [1.82, 2.24) is 0 Å². The van der Waals surface area contributed by atoms with E-state index < -0.39 is 7.26 Å². The molecule has 0 heterocycles. The lowest BCUT2D eigenvalue weighted by Gasteiger charge is -2.28. The summed E-state index contributed by atoms with van der Waals surface area (Å²) in [6, 6.07) is 52.8. The number of hydrogen-bond donors (Lipinski definition) is 0. The van der Waals surface area contributed by atoms with E-state index in [4.69, 9.17) is 0 Å². The summed E-state index contributed by atoms with van der Waals surface area (Å²) < 4.78 is 0. The van der Waals surface area contributed by atoms with Gasteiger partial charge in [-0.15, -0.1) is 0 Å². The molecule has 0 atom stereocenters. The number of hydrogen-bond acceptors (Lipinski definition) is 0. The molecule has 0 aliphatic heterocycles. The Bertz CT molecular complexity index is 1230. The average molecular weight is 456 g/mol. The smallest absolute Gasteiger partial charge is 0.0622 e. The van der Waals surface area contributed by atoms with Crippen LogP contribution in [0.25, 0.3) is 12.2 Å². The van der Waals surface area contributed by atoms with Gasteiger partial charge in [-0.3, -0.25) is 0 Å². The number of benzene rings is 5. The van der Waals surface area contributed by atoms with Gasteiger partial charge in [-0.1, -0.05) is 121 Å². The van der Waals surface area contributed by atoms with Gasteiger partial charge in [0.15, 0.2) is 0 Å². The van der Waals surface area contributed by atoms with Gasteiger partial charge in [0.2, 0.25) is 0 Å². The Morgan fingerprint density at radius 2 is 0.735 bits per heavy atom. The van der Waals surface area contributed by atoms with E-state index >= 15 is 0 Å². The third-order valence-corrected chi connectivity index (χ3v) is 10.6. The van der Waals surface area contributed by atoms with Crippen molar-refractivity contribution in [2.45, 2.75) is 6.16 Å². The minimum atomic E-state index is -1.87. The maximum atomic E-state index is 2.31. The lowest BCUT2D eigenvalue weighted by Crippen LogP contribution is -2.32. The Hall–Kier alpha value is -3.73. The van der Waals surface area contributed by atoms with Gasteiger partial charge in [0.1, 0.15) is 23.2 Å². The van der Waals surface area contributed by atoms with Crippen LogP contribution in [0.2, 0.25) is 0 Å². The molecule has 0 saturated heterocycles. The molecule has 0 bridgehead atoms. The first-order valence-corrected chi connectivity index (χ1v) is 13.7. The van der Waals surface area contributed by atoms with E-state index in [1.165, 1.54) is 32.6 Å². The SMILES string of the molecule is C(=Cc1ccc(C[P+](c2ccccc2)(c2ccccc2)c2ccccc2)cc1)c1ccccc1. The van der Waals surface area contributed by atoms with Crippen molar-refractivity contribution in [2.24, 2.45) is 0 Å². The van der Waals surface area contributed by atoms with Gasteiger partial charge in [0.25, 0.3) is 0 Å². The van der Waals surface area contributed by atoms with Gasteiger partial charge in [0.05, 0.1) is 6.16 Å². The molecule has 0 aliphatic carbocycles. The van der Waals surface area contributed by atoms with Crippen molar-refractivity contribution < 1.29 is 0 Å². The summed E-state index contributed by atoms with van der Waals surface area (Å²) in [6.45, 7) is 0. The molecule has 5 aromatic rings. The normalized spacial score (nSPS) is 11.5. The van der Waals surface area contributed by atoms with E-state index in [2.05, 4.69) is 152 Å². The van der Waals surface area contributed by atoms with Crippen molar-refractivity contribution in [2.75, 3.05) is 0 Å². The molecular weight excluding hydrogens is 427 g/mol. The van der Waals surface area contributed by atoms with Crippen LogP contribution in [-0.2, 0) is 6.16 Å². The molecule has 164 valence electrons. The zero-order chi connectivity index (χ0) is 23.1. The van der Waals surface area contributed by atoms with E-state index in [1.54, 1.807) is 0 Å². The Kier molecular flexibility index (Phi) is 6.80. The third kappa shape index (κ3) is 4.79. The van der Waals surface area contributed by atoms with Crippen molar-refractivity contribution in [3.63, 3.8) is 0 Å². The fourth-order valence-electron chi connectivity index (χ4n) is 4.53. The molecule has 0 nitrogen and oxygen atoms in total. The highest BCUT2D eigenvalue weighted by Crippen LogP contribution is 2.58. The summed E-state index contributed by atoms with van der Waals surface area (Å²) in [5.41, 5.74) is 3.80. The molecule has 0 aliphatic rings. The van der Waals surface area contributed by atoms with Gasteiger partial charge >= 0.3 is 0 Å². The summed E-state index contributed by atoms with van der Waals surface area (Å²) in [5.74, 6) is 0. The molecule has 34 heavy (non-hydrogen) atoms. The Balaban J connectivity index is 1.56. The highest BCUT2D eigenvalue weighted by Gasteiger charge is 2.45. The second-order valence-electron chi connectivity index (χ2n) is 8.46. The molecule has 0 radical (unpaired) electrons. The second kappa shape index (κ2) is 10.5. The van der Waals surface area contributed by atoms with Gasteiger partial charge < -0.3 is 0 Å². The highest BCUT2D eigenvalue weighted by molar-refractivity contribution is 7.95. The quantitative estimate of drug-likeness (QED) is 0.178. The highest BCUT2D eigenvalue weighted by atomic mass is 31.2. The van der Waals surface area contributed by atoms with Gasteiger partial charge in [-0.25, -0.2) is 0 Å². The molecule has 0 amide bonds. The summed E-state index contributed by atoms with van der Waals surface area (Å²) in [4.78, 5) is 0. The van der Waals surface area contributed by atoms with Crippen molar-refractivity contribution in [3.05, 3.63) is 162 Å². The molecule has 5 aromatic carbocycles. The fraction of sp³-hybridized carbons (Fsp3) is 0.0303. The molecule has 0 aromatic heterocycles. The molecule has 0 fully saturated rings. The van der Waals surface area contributed by atoms with Crippen molar-refractivity contribution >= 4 is 35.3 Å². The largest absolute Gasteiger partial charge is 0.116 e. The average Bonchev–Trinajstić information content (AvgIpc) is 2.93. The van der Waals surface area contributed by atoms with Crippen LogP contribution in [0, 0.1) is 0 Å². The maximum Gasteiger partial charge on any atom is 0.116 e. The van der Waals surface area contributed by atoms with Crippen LogP contribution in [0.15, 0.2) is 146 Å². The second-order valence-corrected chi connectivity index (χ2v) is 11.9. The molecule has 0 N–H and O–H groups in total. The van der Waals surface area contributed by atoms with Gasteiger partial charge in [-0.05, 0) is 53.1 Å². The topological polar surface area (TPSA) is 0 Å². The number of rotatable bonds is 7. The van der Waals surface area contributed by atoms with Crippen LogP contribution < -0.4 is 15.9 Å². The molecular formula is C33H28P+. The van der Waals surface area contributed by atoms with Crippen LogP contribution in [0.4, 0.5) is 0 Å². The van der Waals surface area contributed by atoms with Gasteiger partial charge in [0, 0.05) is 0 Å². The summed E-state index contributed by atoms with van der Waals surface area (Å²) >= 11 is 0. The zero-order valence-corrected chi connectivity index (χ0v) is 20.1. The van der Waals surface area contributed by atoms with Crippen LogP contribution in [0.5, 0.6) is 0 Å². The lowest BCUT2D eigenvalue weighted by atomic mass is 10.1. The molecule has 5 rings (SSSR count). The van der Waals surface area contributed by atoms with E-state index in [9.17, 15) is 0 Å². The zero-order valence-electron chi connectivity index (χ0n) is 19.2. The van der Waals surface area contributed by atoms with Crippen molar-refractivity contribution in [3.8, 4) is 0 Å². The molecule has 1 heteroatoms. The Morgan fingerprint density at radius 3 is 1.15 bits per heavy atom. The minimum Gasteiger partial charge on any atom is -0.0622 e. The summed E-state index contributed by atoms with van der Waals surface area (Å²) in [7, 11) is -1.87. The maximum absolute atomic E-state index is 2.31. The predicted molar refractivity (Wildman–Crippen MR) is 151 cm³/mol. The molecule has 0 unspecified atom stereocenters. The van der Waals surface area contributed by atoms with E-state index in [0.29, 0.717) is 0 Å². The van der Waals surface area contributed by atoms with E-state index in [-0.39, 0.29) is 0 Å². The Morgan fingerprint density at radius 1 is 0.382 bits per heavy atom. The first-order chi connectivity index (χ1) is 16.8. The lowest BCUT2D eigenvalue weighted by molar-refractivity contribution is 1.38. The summed E-state index contributed by atoms with van der Waals surface area (Å²) in [6.07, 6.45) is 5.35. The molecule has 0 saturated carbocycles. The minimum absolute atomic E-state index is 0.994. The van der Waals surface area contributed by atoms with E-state index in [0.717, 1.165) is 6.16 Å². The molecule has 0 spiro atoms. The Labute approximate surface area is 203 Å².